The summed E-state index contributed by atoms with van der Waals surface area (Å²) in [4.78, 5) is 22.9. The van der Waals surface area contributed by atoms with Crippen LogP contribution in [-0.4, -0.2) is 33.4 Å². The lowest BCUT2D eigenvalue weighted by molar-refractivity contribution is -0.154. The summed E-state index contributed by atoms with van der Waals surface area (Å²) in [6, 6.07) is 0. The molecule has 0 bridgehead atoms. The number of carboxylic acid groups (broad SMARTS) is 2. The molecule has 5 nitrogen and oxygen atoms in total. The maximum absolute atomic E-state index is 11.5. The normalized spacial score (nSPS) is 14.7. The summed E-state index contributed by atoms with van der Waals surface area (Å²) in [5.41, 5.74) is 0. The molecule has 0 aliphatic heterocycles. The van der Waals surface area contributed by atoms with Crippen molar-refractivity contribution in [3.05, 3.63) is 12.2 Å². The van der Waals surface area contributed by atoms with Gasteiger partial charge in [0.15, 0.2) is 0 Å². The van der Waals surface area contributed by atoms with Gasteiger partial charge in [0.05, 0.1) is 17.9 Å². The van der Waals surface area contributed by atoms with Crippen molar-refractivity contribution in [2.75, 3.05) is 0 Å². The summed E-state index contributed by atoms with van der Waals surface area (Å²) >= 11 is 0. The maximum Gasteiger partial charge on any atom is 0.307 e. The third kappa shape index (κ3) is 15.2. The summed E-state index contributed by atoms with van der Waals surface area (Å²) in [6.07, 6.45) is 17.5. The van der Waals surface area contributed by atoms with E-state index in [9.17, 15) is 24.9 Å². The van der Waals surface area contributed by atoms with Crippen molar-refractivity contribution in [1.82, 2.24) is 0 Å². The fourth-order valence-electron chi connectivity index (χ4n) is 3.69. The standard InChI is InChI=1S/C24H44O5/c1-3-5-7-13-16-20(25)17-14-11-9-8-10-12-15-19-22(24(28)29)21(23(26)27)18-6-4-2/h11,14,20-22,25H,3-10,12-13,15-19H2,1-2H3,(H,26,27)(H,28,29)/b14-11-. The molecule has 0 aliphatic carbocycles. The molecule has 0 saturated heterocycles. The van der Waals surface area contributed by atoms with E-state index < -0.39 is 23.8 Å². The van der Waals surface area contributed by atoms with Crippen molar-refractivity contribution in [3.63, 3.8) is 0 Å². The zero-order valence-corrected chi connectivity index (χ0v) is 18.7. The van der Waals surface area contributed by atoms with Crippen LogP contribution in [0.15, 0.2) is 12.2 Å². The van der Waals surface area contributed by atoms with Crippen molar-refractivity contribution in [2.24, 2.45) is 11.8 Å². The van der Waals surface area contributed by atoms with E-state index in [-0.39, 0.29) is 6.10 Å². The van der Waals surface area contributed by atoms with Crippen molar-refractivity contribution < 1.29 is 24.9 Å². The van der Waals surface area contributed by atoms with Gasteiger partial charge in [0.25, 0.3) is 0 Å². The van der Waals surface area contributed by atoms with Crippen LogP contribution in [0.1, 0.15) is 110 Å². The molecule has 29 heavy (non-hydrogen) atoms. The molecule has 0 aliphatic rings. The number of aliphatic hydroxyl groups is 1. The second-order valence-electron chi connectivity index (χ2n) is 8.23. The van der Waals surface area contributed by atoms with Crippen LogP contribution in [0.5, 0.6) is 0 Å². The molecule has 0 aromatic carbocycles. The van der Waals surface area contributed by atoms with Crippen LogP contribution >= 0.6 is 0 Å². The predicted molar refractivity (Wildman–Crippen MR) is 118 cm³/mol. The molecule has 0 aromatic heterocycles. The summed E-state index contributed by atoms with van der Waals surface area (Å²) in [6.45, 7) is 4.17. The highest BCUT2D eigenvalue weighted by atomic mass is 16.4. The second kappa shape index (κ2) is 18.7. The van der Waals surface area contributed by atoms with Crippen molar-refractivity contribution >= 4 is 11.9 Å². The zero-order chi connectivity index (χ0) is 21.9. The average molecular weight is 413 g/mol. The Labute approximate surface area is 177 Å². The van der Waals surface area contributed by atoms with Crippen LogP contribution < -0.4 is 0 Å². The van der Waals surface area contributed by atoms with E-state index >= 15 is 0 Å². The van der Waals surface area contributed by atoms with Crippen LogP contribution in [0.4, 0.5) is 0 Å². The third-order valence-corrected chi connectivity index (χ3v) is 5.59. The Balaban J connectivity index is 3.92. The first-order valence-electron chi connectivity index (χ1n) is 11.7. The highest BCUT2D eigenvalue weighted by molar-refractivity contribution is 5.79. The van der Waals surface area contributed by atoms with E-state index in [2.05, 4.69) is 19.1 Å². The quantitative estimate of drug-likeness (QED) is 0.163. The molecule has 3 atom stereocenters. The SMILES string of the molecule is CCCCCCC(O)C/C=C\CCCCCCC(C(=O)O)C(CCCC)C(=O)O. The van der Waals surface area contributed by atoms with Gasteiger partial charge in [0, 0.05) is 0 Å². The lowest BCUT2D eigenvalue weighted by atomic mass is 9.84. The van der Waals surface area contributed by atoms with Gasteiger partial charge in [-0.15, -0.1) is 0 Å². The Morgan fingerprint density at radius 1 is 0.690 bits per heavy atom. The van der Waals surface area contributed by atoms with Gasteiger partial charge in [-0.2, -0.15) is 0 Å². The van der Waals surface area contributed by atoms with Gasteiger partial charge in [-0.25, -0.2) is 0 Å². The number of allylic oxidation sites excluding steroid dienone is 1. The number of carboxylic acids is 2. The molecular formula is C24H44O5. The number of unbranched alkanes of at least 4 members (excludes halogenated alkanes) is 8. The van der Waals surface area contributed by atoms with Gasteiger partial charge in [0.2, 0.25) is 0 Å². The van der Waals surface area contributed by atoms with Crippen molar-refractivity contribution in [3.8, 4) is 0 Å². The Hall–Kier alpha value is -1.36. The molecule has 0 fully saturated rings. The van der Waals surface area contributed by atoms with E-state index in [1.165, 1.54) is 19.3 Å². The molecule has 0 heterocycles. The van der Waals surface area contributed by atoms with Crippen LogP contribution in [0.3, 0.4) is 0 Å². The smallest absolute Gasteiger partial charge is 0.307 e. The van der Waals surface area contributed by atoms with E-state index in [1.54, 1.807) is 0 Å². The fourth-order valence-corrected chi connectivity index (χ4v) is 3.69. The average Bonchev–Trinajstić information content (AvgIpc) is 2.68. The number of aliphatic hydroxyl groups excluding tert-OH is 1. The topological polar surface area (TPSA) is 94.8 Å². The maximum atomic E-state index is 11.5. The highest BCUT2D eigenvalue weighted by Gasteiger charge is 2.32. The number of aliphatic carboxylic acids is 2. The first-order chi connectivity index (χ1) is 13.9. The highest BCUT2D eigenvalue weighted by Crippen LogP contribution is 2.25. The number of hydrogen-bond acceptors (Lipinski definition) is 3. The van der Waals surface area contributed by atoms with Gasteiger partial charge in [0.1, 0.15) is 0 Å². The minimum Gasteiger partial charge on any atom is -0.481 e. The molecule has 0 radical (unpaired) electrons. The van der Waals surface area contributed by atoms with Gasteiger partial charge in [-0.05, 0) is 38.5 Å². The minimum absolute atomic E-state index is 0.231. The van der Waals surface area contributed by atoms with Crippen LogP contribution in [0.2, 0.25) is 0 Å². The van der Waals surface area contributed by atoms with Gasteiger partial charge in [-0.3, -0.25) is 9.59 Å². The van der Waals surface area contributed by atoms with Gasteiger partial charge in [-0.1, -0.05) is 83.8 Å². The zero-order valence-electron chi connectivity index (χ0n) is 18.7. The Morgan fingerprint density at radius 2 is 1.21 bits per heavy atom. The number of hydrogen-bond donors (Lipinski definition) is 3. The van der Waals surface area contributed by atoms with Crippen molar-refractivity contribution in [2.45, 2.75) is 116 Å². The van der Waals surface area contributed by atoms with Crippen molar-refractivity contribution in [1.29, 1.82) is 0 Å². The summed E-state index contributed by atoms with van der Waals surface area (Å²) in [5.74, 6) is -3.52. The third-order valence-electron chi connectivity index (χ3n) is 5.59. The van der Waals surface area contributed by atoms with Crippen LogP contribution in [-0.2, 0) is 9.59 Å². The molecule has 3 unspecified atom stereocenters. The Kier molecular flexibility index (Phi) is 17.8. The molecule has 3 N–H and O–H groups in total. The predicted octanol–water partition coefficient (Wildman–Crippen LogP) is 6.20. The van der Waals surface area contributed by atoms with Gasteiger partial charge < -0.3 is 15.3 Å². The molecule has 0 amide bonds. The van der Waals surface area contributed by atoms with Gasteiger partial charge >= 0.3 is 11.9 Å². The molecule has 5 heteroatoms. The largest absolute Gasteiger partial charge is 0.481 e. The Morgan fingerprint density at radius 3 is 1.79 bits per heavy atom. The molecule has 0 rings (SSSR count). The molecule has 0 aromatic rings. The molecule has 0 spiro atoms. The summed E-state index contributed by atoms with van der Waals surface area (Å²) in [5, 5.41) is 28.7. The lowest BCUT2D eigenvalue weighted by Gasteiger charge is -2.20. The lowest BCUT2D eigenvalue weighted by Crippen LogP contribution is -2.30. The monoisotopic (exact) mass is 412 g/mol. The minimum atomic E-state index is -0.983. The fraction of sp³-hybridized carbons (Fsp3) is 0.833. The molecule has 170 valence electrons. The summed E-state index contributed by atoms with van der Waals surface area (Å²) < 4.78 is 0. The Bertz CT molecular complexity index is 447. The van der Waals surface area contributed by atoms with E-state index in [0.29, 0.717) is 12.8 Å². The first kappa shape index (κ1) is 27.6. The van der Waals surface area contributed by atoms with E-state index in [4.69, 9.17) is 0 Å². The summed E-state index contributed by atoms with van der Waals surface area (Å²) in [7, 11) is 0. The first-order valence-corrected chi connectivity index (χ1v) is 11.7. The number of carbonyl (C=O) groups is 2. The van der Waals surface area contributed by atoms with E-state index in [1.807, 2.05) is 6.92 Å². The van der Waals surface area contributed by atoms with Crippen LogP contribution in [0.25, 0.3) is 0 Å². The van der Waals surface area contributed by atoms with E-state index in [0.717, 1.165) is 64.2 Å². The number of rotatable bonds is 20. The second-order valence-corrected chi connectivity index (χ2v) is 8.23. The molecule has 0 saturated carbocycles. The van der Waals surface area contributed by atoms with Crippen LogP contribution in [0, 0.1) is 11.8 Å². The molecular weight excluding hydrogens is 368 g/mol.